The van der Waals surface area contributed by atoms with Gasteiger partial charge in [-0.05, 0) is 66.8 Å². The summed E-state index contributed by atoms with van der Waals surface area (Å²) in [5.74, 6) is 0. The minimum absolute atomic E-state index is 0.0582. The van der Waals surface area contributed by atoms with Crippen molar-refractivity contribution in [1.29, 1.82) is 0 Å². The molecule has 3 heterocycles. The molecule has 5 rings (SSSR count). The van der Waals surface area contributed by atoms with Gasteiger partial charge in [0.25, 0.3) is 5.56 Å². The Kier molecular flexibility index (Phi) is 4.28. The molecule has 0 radical (unpaired) electrons. The summed E-state index contributed by atoms with van der Waals surface area (Å²) in [6.45, 7) is 6.49. The van der Waals surface area contributed by atoms with Crippen molar-refractivity contribution in [1.82, 2.24) is 24.6 Å². The van der Waals surface area contributed by atoms with E-state index in [1.165, 1.54) is 16.7 Å². The molecule has 1 aliphatic rings. The van der Waals surface area contributed by atoms with Gasteiger partial charge >= 0.3 is 0 Å². The van der Waals surface area contributed by atoms with Gasteiger partial charge in [-0.15, -0.1) is 0 Å². The van der Waals surface area contributed by atoms with E-state index in [2.05, 4.69) is 65.6 Å². The van der Waals surface area contributed by atoms with Gasteiger partial charge in [-0.1, -0.05) is 24.3 Å². The predicted molar refractivity (Wildman–Crippen MR) is 114 cm³/mol. The van der Waals surface area contributed by atoms with Crippen molar-refractivity contribution < 1.29 is 0 Å². The average molecular weight is 385 g/mol. The first-order valence-electron chi connectivity index (χ1n) is 9.92. The van der Waals surface area contributed by atoms with E-state index in [9.17, 15) is 4.79 Å². The van der Waals surface area contributed by atoms with Gasteiger partial charge in [0.2, 0.25) is 0 Å². The zero-order chi connectivity index (χ0) is 20.0. The summed E-state index contributed by atoms with van der Waals surface area (Å²) >= 11 is 0. The highest BCUT2D eigenvalue weighted by atomic mass is 16.1. The molecule has 2 aromatic heterocycles. The number of aryl methyl sites for hydroxylation is 2. The van der Waals surface area contributed by atoms with Crippen molar-refractivity contribution in [3.05, 3.63) is 87.1 Å². The Morgan fingerprint density at radius 3 is 2.79 bits per heavy atom. The van der Waals surface area contributed by atoms with Crippen molar-refractivity contribution in [3.63, 3.8) is 0 Å². The molecule has 4 aromatic rings. The quantitative estimate of drug-likeness (QED) is 0.589. The van der Waals surface area contributed by atoms with Crippen LogP contribution in [0.1, 0.15) is 27.8 Å². The molecule has 0 saturated heterocycles. The fourth-order valence-electron chi connectivity index (χ4n) is 4.27. The lowest BCUT2D eigenvalue weighted by atomic mass is 9.95. The Hall–Kier alpha value is -3.25. The van der Waals surface area contributed by atoms with Gasteiger partial charge in [0.05, 0.1) is 18.4 Å². The van der Waals surface area contributed by atoms with Crippen molar-refractivity contribution in [2.24, 2.45) is 0 Å². The van der Waals surface area contributed by atoms with Gasteiger partial charge < -0.3 is 5.32 Å². The first-order chi connectivity index (χ1) is 14.1. The van der Waals surface area contributed by atoms with Crippen LogP contribution in [0.25, 0.3) is 16.7 Å². The van der Waals surface area contributed by atoms with Crippen LogP contribution < -0.4 is 10.9 Å². The first kappa shape index (κ1) is 17.8. The van der Waals surface area contributed by atoms with E-state index < -0.39 is 0 Å². The maximum absolute atomic E-state index is 13.1. The summed E-state index contributed by atoms with van der Waals surface area (Å²) in [7, 11) is 0. The first-order valence-corrected chi connectivity index (χ1v) is 9.92. The Bertz CT molecular complexity index is 1260. The smallest absolute Gasteiger partial charge is 0.264 e. The molecule has 1 N–H and O–H groups in total. The van der Waals surface area contributed by atoms with Crippen LogP contribution in [0.3, 0.4) is 0 Å². The lowest BCUT2D eigenvalue weighted by Gasteiger charge is -2.20. The van der Waals surface area contributed by atoms with Crippen molar-refractivity contribution in [3.8, 4) is 5.69 Å². The second-order valence-electron chi connectivity index (χ2n) is 7.80. The molecule has 0 aliphatic carbocycles. The van der Waals surface area contributed by atoms with Crippen LogP contribution in [-0.4, -0.2) is 25.9 Å². The van der Waals surface area contributed by atoms with Gasteiger partial charge in [-0.3, -0.25) is 9.36 Å². The molecule has 0 saturated carbocycles. The van der Waals surface area contributed by atoms with Gasteiger partial charge in [-0.25, -0.2) is 9.67 Å². The van der Waals surface area contributed by atoms with Gasteiger partial charge in [0.1, 0.15) is 11.7 Å². The van der Waals surface area contributed by atoms with E-state index in [1.54, 1.807) is 21.8 Å². The molecule has 6 heteroatoms. The lowest BCUT2D eigenvalue weighted by molar-refractivity contribution is 0.631. The molecule has 146 valence electrons. The summed E-state index contributed by atoms with van der Waals surface area (Å²) in [6, 6.07) is 12.6. The second-order valence-corrected chi connectivity index (χ2v) is 7.80. The van der Waals surface area contributed by atoms with Crippen molar-refractivity contribution >= 4 is 11.0 Å². The number of fused-ring (bicyclic) bond motifs is 2. The number of aromatic nitrogens is 4. The third kappa shape index (κ3) is 3.15. The lowest BCUT2D eigenvalue weighted by Crippen LogP contribution is -2.26. The molecular formula is C23H23N5O. The number of nitrogens with zero attached hydrogens (tertiary/aromatic N) is 4. The molecule has 6 nitrogen and oxygen atoms in total. The molecule has 29 heavy (non-hydrogen) atoms. The predicted octanol–water partition coefficient (Wildman–Crippen LogP) is 2.89. The van der Waals surface area contributed by atoms with Crippen LogP contribution in [0.5, 0.6) is 0 Å². The largest absolute Gasteiger partial charge is 0.312 e. The number of nitrogens with one attached hydrogen (secondary N) is 1. The number of rotatable bonds is 3. The van der Waals surface area contributed by atoms with Crippen molar-refractivity contribution in [2.75, 3.05) is 6.54 Å². The van der Waals surface area contributed by atoms with Crippen LogP contribution in [0, 0.1) is 13.8 Å². The third-order valence-electron chi connectivity index (χ3n) is 5.58. The normalized spacial score (nSPS) is 13.6. The zero-order valence-corrected chi connectivity index (χ0v) is 16.6. The maximum Gasteiger partial charge on any atom is 0.264 e. The van der Waals surface area contributed by atoms with Crippen molar-refractivity contribution in [2.45, 2.75) is 33.4 Å². The van der Waals surface area contributed by atoms with E-state index in [-0.39, 0.29) is 5.56 Å². The fourth-order valence-corrected chi connectivity index (χ4v) is 4.27. The van der Waals surface area contributed by atoms with Gasteiger partial charge in [0, 0.05) is 6.54 Å². The molecule has 0 amide bonds. The Balaban J connectivity index is 1.56. The summed E-state index contributed by atoms with van der Waals surface area (Å²) < 4.78 is 3.44. The fraction of sp³-hybridized carbons (Fsp3) is 0.261. The summed E-state index contributed by atoms with van der Waals surface area (Å²) in [6.07, 6.45) is 4.26. The third-order valence-corrected chi connectivity index (χ3v) is 5.58. The SMILES string of the molecule is Cc1cc(C)cc(-n2ncc3c(=O)n(Cc4cccc5c4CCNC5)cnc32)c1. The zero-order valence-electron chi connectivity index (χ0n) is 16.6. The summed E-state index contributed by atoms with van der Waals surface area (Å²) in [4.78, 5) is 17.7. The second kappa shape index (κ2) is 6.97. The molecule has 0 unspecified atom stereocenters. The average Bonchev–Trinajstić information content (AvgIpc) is 3.14. The summed E-state index contributed by atoms with van der Waals surface area (Å²) in [5, 5.41) is 8.40. The minimum Gasteiger partial charge on any atom is -0.312 e. The van der Waals surface area contributed by atoms with Crippen LogP contribution in [0.2, 0.25) is 0 Å². The number of hydrogen-bond acceptors (Lipinski definition) is 4. The molecule has 0 bridgehead atoms. The van der Waals surface area contributed by atoms with Crippen LogP contribution in [-0.2, 0) is 19.5 Å². The van der Waals surface area contributed by atoms with E-state index >= 15 is 0 Å². The molecule has 1 aliphatic heterocycles. The Morgan fingerprint density at radius 1 is 1.14 bits per heavy atom. The van der Waals surface area contributed by atoms with E-state index in [1.807, 2.05) is 0 Å². The van der Waals surface area contributed by atoms with Crippen LogP contribution in [0.15, 0.2) is 53.7 Å². The Labute approximate surface area is 168 Å². The molecule has 0 atom stereocenters. The number of benzene rings is 2. The molecule has 0 spiro atoms. The monoisotopic (exact) mass is 385 g/mol. The standard InChI is InChI=1S/C23H23N5O/c1-15-8-16(2)10-19(9-15)28-22-21(12-26-28)23(29)27(14-25-22)13-18-5-3-4-17-11-24-7-6-20(17)18/h3-5,8-10,12,14,24H,6-7,11,13H2,1-2H3. The van der Waals surface area contributed by atoms with Crippen LogP contribution >= 0.6 is 0 Å². The topological polar surface area (TPSA) is 64.7 Å². The van der Waals surface area contributed by atoms with Gasteiger partial charge in [0.15, 0.2) is 5.65 Å². The highest BCUT2D eigenvalue weighted by molar-refractivity contribution is 5.75. The summed E-state index contributed by atoms with van der Waals surface area (Å²) in [5.41, 5.74) is 7.62. The van der Waals surface area contributed by atoms with Crippen LogP contribution in [0.4, 0.5) is 0 Å². The van der Waals surface area contributed by atoms with Gasteiger partial charge in [-0.2, -0.15) is 5.10 Å². The minimum atomic E-state index is -0.0582. The van der Waals surface area contributed by atoms with E-state index in [0.717, 1.165) is 36.3 Å². The highest BCUT2D eigenvalue weighted by Crippen LogP contribution is 2.20. The van der Waals surface area contributed by atoms with E-state index in [0.29, 0.717) is 17.6 Å². The van der Waals surface area contributed by atoms with E-state index in [4.69, 9.17) is 0 Å². The molecule has 0 fully saturated rings. The molecule has 2 aromatic carbocycles. The maximum atomic E-state index is 13.1. The number of hydrogen-bond donors (Lipinski definition) is 1. The Morgan fingerprint density at radius 2 is 1.97 bits per heavy atom. The highest BCUT2D eigenvalue weighted by Gasteiger charge is 2.15. The molecular weight excluding hydrogens is 362 g/mol.